The highest BCUT2D eigenvalue weighted by Gasteiger charge is 2.30. The molecule has 0 aromatic carbocycles. The lowest BCUT2D eigenvalue weighted by atomic mass is 10.00. The molecule has 3 unspecified atom stereocenters. The molecule has 0 bridgehead atoms. The largest absolute Gasteiger partial charge is 0.472 e. The average molecular weight is 1560 g/mol. The van der Waals surface area contributed by atoms with Crippen molar-refractivity contribution in [3.8, 4) is 0 Å². The van der Waals surface area contributed by atoms with Crippen molar-refractivity contribution in [2.75, 3.05) is 39.6 Å². The molecule has 0 rings (SSSR count). The Morgan fingerprint density at radius 3 is 0.794 bits per heavy atom. The Labute approximate surface area is 656 Å². The maximum absolute atomic E-state index is 13.2. The van der Waals surface area contributed by atoms with Crippen LogP contribution in [-0.4, -0.2) is 96.7 Å². The van der Waals surface area contributed by atoms with Crippen molar-refractivity contribution in [1.82, 2.24) is 0 Å². The number of phosphoric ester groups is 2. The molecule has 0 radical (unpaired) electrons. The number of phosphoric acid groups is 2. The summed E-state index contributed by atoms with van der Waals surface area (Å²) >= 11 is 0. The summed E-state index contributed by atoms with van der Waals surface area (Å²) in [6, 6.07) is 0. The molecule has 0 spiro atoms. The molecule has 19 heteroatoms. The van der Waals surface area contributed by atoms with Crippen molar-refractivity contribution < 1.29 is 80.2 Å². The SMILES string of the molecule is CCCCCC/C=C\C=C/CCCCCCCC(=O)O[C@H](COC(=O)CCCCCCCCC(C)CC)COP(=O)(O)OC[C@H](O)COP(=O)(O)OC[C@@H](COC(=O)CCCCCCCCCCCCCCCCCCCCCC)OC(=O)CCCCCCCCCCCCCCCCCCCCCCCC. The predicted octanol–water partition coefficient (Wildman–Crippen LogP) is 26.7. The lowest BCUT2D eigenvalue weighted by molar-refractivity contribution is -0.161. The summed E-state index contributed by atoms with van der Waals surface area (Å²) in [5, 5.41) is 10.7. The van der Waals surface area contributed by atoms with Crippen LogP contribution in [0.5, 0.6) is 0 Å². The number of carbonyl (C=O) groups is 4. The molecule has 17 nitrogen and oxygen atoms in total. The van der Waals surface area contributed by atoms with Crippen molar-refractivity contribution in [3.63, 3.8) is 0 Å². The van der Waals surface area contributed by atoms with Crippen LogP contribution < -0.4 is 0 Å². The average Bonchev–Trinajstić information content (AvgIpc) is 0.903. The van der Waals surface area contributed by atoms with Crippen LogP contribution in [0.1, 0.15) is 452 Å². The normalized spacial score (nSPS) is 14.1. The van der Waals surface area contributed by atoms with Crippen LogP contribution in [0.25, 0.3) is 0 Å². The first-order chi connectivity index (χ1) is 52.1. The number of unbranched alkanes of at least 4 members (excludes halogenated alkanes) is 54. The zero-order chi connectivity index (χ0) is 78.3. The molecule has 0 saturated carbocycles. The Morgan fingerprint density at radius 2 is 0.523 bits per heavy atom. The van der Waals surface area contributed by atoms with Gasteiger partial charge in [-0.15, -0.1) is 0 Å². The van der Waals surface area contributed by atoms with Crippen LogP contribution in [0.2, 0.25) is 0 Å². The summed E-state index contributed by atoms with van der Waals surface area (Å²) in [6.45, 7) is 7.25. The van der Waals surface area contributed by atoms with Crippen molar-refractivity contribution in [2.45, 2.75) is 470 Å². The van der Waals surface area contributed by atoms with E-state index in [1.807, 2.05) is 0 Å². The van der Waals surface area contributed by atoms with E-state index in [0.717, 1.165) is 115 Å². The van der Waals surface area contributed by atoms with Gasteiger partial charge in [-0.05, 0) is 57.3 Å². The summed E-state index contributed by atoms with van der Waals surface area (Å²) in [5.74, 6) is -1.40. The minimum atomic E-state index is -4.97. The summed E-state index contributed by atoms with van der Waals surface area (Å²) < 4.78 is 68.9. The maximum Gasteiger partial charge on any atom is 0.472 e. The van der Waals surface area contributed by atoms with Gasteiger partial charge in [0, 0.05) is 25.7 Å². The molecule has 0 aliphatic rings. The third kappa shape index (κ3) is 80.0. The molecule has 6 atom stereocenters. The first-order valence-corrected chi connectivity index (χ1v) is 48.0. The lowest BCUT2D eigenvalue weighted by Crippen LogP contribution is -2.30. The highest BCUT2D eigenvalue weighted by atomic mass is 31.2. The molecular formula is C88H168O17P2. The van der Waals surface area contributed by atoms with Gasteiger partial charge in [0.05, 0.1) is 26.4 Å². The van der Waals surface area contributed by atoms with Crippen molar-refractivity contribution in [2.24, 2.45) is 5.92 Å². The number of rotatable bonds is 86. The highest BCUT2D eigenvalue weighted by molar-refractivity contribution is 7.47. The molecule has 0 aromatic rings. The fourth-order valence-electron chi connectivity index (χ4n) is 13.3. The van der Waals surface area contributed by atoms with Crippen LogP contribution in [0.3, 0.4) is 0 Å². The Kier molecular flexibility index (Phi) is 78.3. The number of esters is 4. The molecule has 0 heterocycles. The standard InChI is InChI=1S/C88H168O17P2/c1-6-10-13-16-19-22-25-28-31-33-35-37-38-40-42-45-48-51-54-57-64-69-73-87(92)104-83(77-98-85(90)71-66-61-55-52-49-46-44-41-39-36-34-32-29-26-23-20-17-14-11-7-2)79-102-106(94,95)100-75-82(89)76-101-107(96,97)103-80-84(78-99-86(91)72-67-62-59-58-60-65-70-81(5)9-4)105-88(93)74-68-63-56-53-50-47-43-30-27-24-21-18-15-12-8-3/h24,27,30,43,81-84,89H,6-23,25-26,28-29,31-42,44-80H2,1-5H3,(H,94,95)(H,96,97)/b27-24-,43-30-/t81?,82-,83-,84-/m1/s1. The van der Waals surface area contributed by atoms with Gasteiger partial charge in [0.2, 0.25) is 0 Å². The van der Waals surface area contributed by atoms with Gasteiger partial charge >= 0.3 is 39.5 Å². The van der Waals surface area contributed by atoms with E-state index in [0.29, 0.717) is 25.7 Å². The van der Waals surface area contributed by atoms with Crippen LogP contribution in [0, 0.1) is 5.92 Å². The van der Waals surface area contributed by atoms with Crippen molar-refractivity contribution >= 4 is 39.5 Å². The van der Waals surface area contributed by atoms with E-state index in [2.05, 4.69) is 58.9 Å². The van der Waals surface area contributed by atoms with Gasteiger partial charge in [0.15, 0.2) is 12.2 Å². The van der Waals surface area contributed by atoms with Crippen LogP contribution >= 0.6 is 15.6 Å². The Hall–Kier alpha value is -2.46. The third-order valence-corrected chi connectivity index (χ3v) is 22.4. The molecular weight excluding hydrogens is 1390 g/mol. The van der Waals surface area contributed by atoms with Crippen LogP contribution in [0.4, 0.5) is 0 Å². The minimum absolute atomic E-state index is 0.0847. The number of hydrogen-bond donors (Lipinski definition) is 3. The summed E-state index contributed by atoms with van der Waals surface area (Å²) in [4.78, 5) is 73.2. The number of hydrogen-bond acceptors (Lipinski definition) is 15. The Balaban J connectivity index is 5.24. The second-order valence-electron chi connectivity index (χ2n) is 31.2. The van der Waals surface area contributed by atoms with Crippen molar-refractivity contribution in [3.05, 3.63) is 24.3 Å². The van der Waals surface area contributed by atoms with Gasteiger partial charge in [-0.1, -0.05) is 399 Å². The van der Waals surface area contributed by atoms with E-state index in [4.69, 9.17) is 37.0 Å². The van der Waals surface area contributed by atoms with Gasteiger partial charge in [-0.2, -0.15) is 0 Å². The second kappa shape index (κ2) is 80.2. The smallest absolute Gasteiger partial charge is 0.462 e. The molecule has 107 heavy (non-hydrogen) atoms. The fraction of sp³-hybridized carbons (Fsp3) is 0.909. The molecule has 0 aliphatic carbocycles. The molecule has 0 saturated heterocycles. The molecule has 0 aromatic heterocycles. The van der Waals surface area contributed by atoms with E-state index in [-0.39, 0.29) is 25.7 Å². The molecule has 3 N–H and O–H groups in total. The second-order valence-corrected chi connectivity index (χ2v) is 34.1. The minimum Gasteiger partial charge on any atom is -0.462 e. The quantitative estimate of drug-likeness (QED) is 0.0169. The summed E-state index contributed by atoms with van der Waals surface area (Å²) in [5.41, 5.74) is 0. The van der Waals surface area contributed by atoms with E-state index < -0.39 is 97.5 Å². The maximum atomic E-state index is 13.2. The number of carbonyl (C=O) groups excluding carboxylic acids is 4. The van der Waals surface area contributed by atoms with E-state index in [1.54, 1.807) is 0 Å². The van der Waals surface area contributed by atoms with Gasteiger partial charge in [0.25, 0.3) is 0 Å². The number of ether oxygens (including phenoxy) is 4. The van der Waals surface area contributed by atoms with E-state index in [9.17, 15) is 43.2 Å². The van der Waals surface area contributed by atoms with Gasteiger partial charge in [-0.3, -0.25) is 37.3 Å². The summed E-state index contributed by atoms with van der Waals surface area (Å²) in [7, 11) is -9.94. The van der Waals surface area contributed by atoms with Crippen LogP contribution in [-0.2, 0) is 65.4 Å². The Morgan fingerprint density at radius 1 is 0.299 bits per heavy atom. The lowest BCUT2D eigenvalue weighted by Gasteiger charge is -2.21. The highest BCUT2D eigenvalue weighted by Crippen LogP contribution is 2.45. The number of aliphatic hydroxyl groups is 1. The first kappa shape index (κ1) is 105. The fourth-order valence-corrected chi connectivity index (χ4v) is 14.8. The van der Waals surface area contributed by atoms with E-state index >= 15 is 0 Å². The molecule has 0 fully saturated rings. The van der Waals surface area contributed by atoms with E-state index in [1.165, 1.54) is 257 Å². The summed E-state index contributed by atoms with van der Waals surface area (Å²) in [6.07, 6.45) is 77.4. The molecule has 632 valence electrons. The number of allylic oxidation sites excluding steroid dienone is 4. The number of aliphatic hydroxyl groups excluding tert-OH is 1. The van der Waals surface area contributed by atoms with Crippen LogP contribution in [0.15, 0.2) is 24.3 Å². The van der Waals surface area contributed by atoms with Gasteiger partial charge in [-0.25, -0.2) is 9.13 Å². The monoisotopic (exact) mass is 1560 g/mol. The molecule has 0 aliphatic heterocycles. The molecule has 0 amide bonds. The Bertz CT molecular complexity index is 2130. The predicted molar refractivity (Wildman–Crippen MR) is 441 cm³/mol. The zero-order valence-corrected chi connectivity index (χ0v) is 71.6. The third-order valence-electron chi connectivity index (χ3n) is 20.5. The van der Waals surface area contributed by atoms with Gasteiger partial charge in [0.1, 0.15) is 19.3 Å². The van der Waals surface area contributed by atoms with Crippen molar-refractivity contribution in [1.29, 1.82) is 0 Å². The van der Waals surface area contributed by atoms with Gasteiger partial charge < -0.3 is 33.8 Å². The first-order valence-electron chi connectivity index (χ1n) is 45.0. The topological polar surface area (TPSA) is 237 Å². The zero-order valence-electron chi connectivity index (χ0n) is 69.8.